The van der Waals surface area contributed by atoms with Gasteiger partial charge in [0.05, 0.1) is 48.6 Å². The predicted octanol–water partition coefficient (Wildman–Crippen LogP) is 4.75. The SMILES string of the molecule is COC(=O)c1ccc2nc(CN3CCC4(c5cccc(OCc6ccccc6)n5)CC4C3)n(CC3CCO3)c2c1. The fraction of sp³-hybridized carbons (Fsp3) is 0.406. The molecule has 40 heavy (non-hydrogen) atoms. The number of nitrogens with zero attached hydrogens (tertiary/aromatic N) is 4. The molecule has 4 heterocycles. The molecule has 4 aromatic rings. The van der Waals surface area contributed by atoms with Gasteiger partial charge in [-0.05, 0) is 61.6 Å². The maximum atomic E-state index is 12.2. The molecule has 1 aliphatic carbocycles. The Morgan fingerprint density at radius 2 is 1.98 bits per heavy atom. The fourth-order valence-corrected chi connectivity index (χ4v) is 6.35. The molecule has 1 saturated carbocycles. The van der Waals surface area contributed by atoms with Crippen LogP contribution in [0.15, 0.2) is 66.7 Å². The van der Waals surface area contributed by atoms with E-state index in [9.17, 15) is 4.79 Å². The number of fused-ring (bicyclic) bond motifs is 2. The van der Waals surface area contributed by atoms with Gasteiger partial charge in [-0.1, -0.05) is 36.4 Å². The number of likely N-dealkylation sites (tertiary alicyclic amines) is 1. The molecule has 0 N–H and O–H groups in total. The van der Waals surface area contributed by atoms with Crippen LogP contribution in [0, 0.1) is 5.92 Å². The van der Waals surface area contributed by atoms with Crippen LogP contribution in [0.1, 0.15) is 46.7 Å². The standard InChI is InChI=1S/C32H34N4O4/c1-38-31(37)23-10-11-26-27(16-23)36(19-25-12-15-39-25)29(33-26)20-35-14-13-32(17-24(32)18-35)28-8-5-9-30(34-28)40-21-22-6-3-2-4-7-22/h2-11,16,24-25H,12-15,17-21H2,1H3. The number of ether oxygens (including phenoxy) is 3. The Kier molecular flexibility index (Phi) is 6.52. The molecule has 0 spiro atoms. The van der Waals surface area contributed by atoms with Gasteiger partial charge in [-0.2, -0.15) is 0 Å². The number of benzene rings is 2. The minimum absolute atomic E-state index is 0.151. The zero-order valence-electron chi connectivity index (χ0n) is 22.8. The normalized spacial score (nSPS) is 23.8. The number of carbonyl (C=O) groups is 1. The van der Waals surface area contributed by atoms with Crippen LogP contribution in [0.25, 0.3) is 11.0 Å². The monoisotopic (exact) mass is 538 g/mol. The van der Waals surface area contributed by atoms with Crippen LogP contribution in [0.3, 0.4) is 0 Å². The largest absolute Gasteiger partial charge is 0.473 e. The highest BCUT2D eigenvalue weighted by molar-refractivity contribution is 5.93. The predicted molar refractivity (Wildman–Crippen MR) is 150 cm³/mol. The Bertz CT molecular complexity index is 1530. The van der Waals surface area contributed by atoms with Gasteiger partial charge in [0.1, 0.15) is 12.4 Å². The van der Waals surface area contributed by atoms with E-state index in [0.717, 1.165) is 80.2 Å². The van der Waals surface area contributed by atoms with Crippen molar-refractivity contribution in [2.45, 2.75) is 50.5 Å². The average molecular weight is 539 g/mol. The first-order valence-corrected chi connectivity index (χ1v) is 14.2. The number of methoxy groups -OCH3 is 1. The summed E-state index contributed by atoms with van der Waals surface area (Å²) in [5.41, 5.74) is 4.85. The first kappa shape index (κ1) is 25.2. The maximum Gasteiger partial charge on any atom is 0.337 e. The van der Waals surface area contributed by atoms with E-state index in [2.05, 4.69) is 33.7 Å². The van der Waals surface area contributed by atoms with E-state index in [0.29, 0.717) is 24.0 Å². The minimum atomic E-state index is -0.333. The lowest BCUT2D eigenvalue weighted by Crippen LogP contribution is -2.37. The summed E-state index contributed by atoms with van der Waals surface area (Å²) in [5.74, 6) is 1.97. The molecule has 8 nitrogen and oxygen atoms in total. The molecule has 3 unspecified atom stereocenters. The Morgan fingerprint density at radius 1 is 1.10 bits per heavy atom. The van der Waals surface area contributed by atoms with Gasteiger partial charge < -0.3 is 18.8 Å². The Morgan fingerprint density at radius 3 is 2.75 bits per heavy atom. The molecule has 3 fully saturated rings. The first-order valence-electron chi connectivity index (χ1n) is 14.2. The van der Waals surface area contributed by atoms with Crippen LogP contribution in [-0.2, 0) is 34.6 Å². The molecule has 7 rings (SSSR count). The molecule has 2 aromatic heterocycles. The zero-order chi connectivity index (χ0) is 27.1. The lowest BCUT2D eigenvalue weighted by atomic mass is 9.91. The van der Waals surface area contributed by atoms with Gasteiger partial charge in [0.15, 0.2) is 0 Å². The average Bonchev–Trinajstić information content (AvgIpc) is 3.62. The first-order chi connectivity index (χ1) is 19.6. The van der Waals surface area contributed by atoms with E-state index in [1.54, 1.807) is 6.07 Å². The van der Waals surface area contributed by atoms with Crippen molar-refractivity contribution >= 4 is 17.0 Å². The maximum absolute atomic E-state index is 12.2. The van der Waals surface area contributed by atoms with Gasteiger partial charge >= 0.3 is 5.97 Å². The third kappa shape index (κ3) is 4.75. The van der Waals surface area contributed by atoms with Crippen molar-refractivity contribution in [3.8, 4) is 5.88 Å². The summed E-state index contributed by atoms with van der Waals surface area (Å²) in [5, 5.41) is 0. The molecule has 8 heteroatoms. The van der Waals surface area contributed by atoms with Gasteiger partial charge in [-0.3, -0.25) is 4.90 Å². The van der Waals surface area contributed by atoms with E-state index >= 15 is 0 Å². The van der Waals surface area contributed by atoms with Crippen LogP contribution in [0.5, 0.6) is 5.88 Å². The second kappa shape index (κ2) is 10.3. The highest BCUT2D eigenvalue weighted by Gasteiger charge is 2.58. The van der Waals surface area contributed by atoms with Gasteiger partial charge in [0.25, 0.3) is 0 Å². The second-order valence-corrected chi connectivity index (χ2v) is 11.3. The van der Waals surface area contributed by atoms with E-state index in [1.807, 2.05) is 36.4 Å². The van der Waals surface area contributed by atoms with E-state index < -0.39 is 0 Å². The number of esters is 1. The summed E-state index contributed by atoms with van der Waals surface area (Å²) in [6.07, 6.45) is 3.47. The molecule has 3 atom stereocenters. The Labute approximate surface area is 233 Å². The van der Waals surface area contributed by atoms with Crippen molar-refractivity contribution in [1.29, 1.82) is 0 Å². The second-order valence-electron chi connectivity index (χ2n) is 11.3. The molecule has 2 aromatic carbocycles. The van der Waals surface area contributed by atoms with Gasteiger partial charge in [0, 0.05) is 24.6 Å². The smallest absolute Gasteiger partial charge is 0.337 e. The molecule has 206 valence electrons. The van der Waals surface area contributed by atoms with E-state index in [-0.39, 0.29) is 17.5 Å². The number of aromatic nitrogens is 3. The quantitative estimate of drug-likeness (QED) is 0.285. The summed E-state index contributed by atoms with van der Waals surface area (Å²) in [7, 11) is 1.41. The van der Waals surface area contributed by atoms with Gasteiger partial charge in [-0.15, -0.1) is 0 Å². The highest BCUT2D eigenvalue weighted by Crippen LogP contribution is 2.58. The van der Waals surface area contributed by atoms with Crippen LogP contribution in [0.2, 0.25) is 0 Å². The molecule has 2 aliphatic heterocycles. The van der Waals surface area contributed by atoms with Crippen molar-refractivity contribution in [1.82, 2.24) is 19.4 Å². The summed E-state index contributed by atoms with van der Waals surface area (Å²) < 4.78 is 19.0. The molecule has 0 radical (unpaired) electrons. The van der Waals surface area contributed by atoms with Crippen molar-refractivity contribution < 1.29 is 19.0 Å². The molecule has 0 amide bonds. The molecular weight excluding hydrogens is 504 g/mol. The van der Waals surface area contributed by atoms with Crippen LogP contribution in [0.4, 0.5) is 0 Å². The van der Waals surface area contributed by atoms with Crippen LogP contribution >= 0.6 is 0 Å². The lowest BCUT2D eigenvalue weighted by Gasteiger charge is -2.32. The van der Waals surface area contributed by atoms with Gasteiger partial charge in [-0.25, -0.2) is 14.8 Å². The number of carbonyl (C=O) groups excluding carboxylic acids is 1. The fourth-order valence-electron chi connectivity index (χ4n) is 6.35. The third-order valence-corrected chi connectivity index (χ3v) is 8.84. The molecule has 0 bridgehead atoms. The van der Waals surface area contributed by atoms with Gasteiger partial charge in [0.2, 0.25) is 5.88 Å². The van der Waals surface area contributed by atoms with Crippen LogP contribution < -0.4 is 4.74 Å². The minimum Gasteiger partial charge on any atom is -0.473 e. The zero-order valence-corrected chi connectivity index (χ0v) is 22.8. The number of pyridine rings is 1. The number of hydrogen-bond donors (Lipinski definition) is 0. The van der Waals surface area contributed by atoms with E-state index in [1.165, 1.54) is 7.11 Å². The number of hydrogen-bond acceptors (Lipinski definition) is 7. The van der Waals surface area contributed by atoms with Crippen LogP contribution in [-0.4, -0.2) is 58.3 Å². The molecule has 2 saturated heterocycles. The number of rotatable bonds is 9. The van der Waals surface area contributed by atoms with Crippen molar-refractivity contribution in [3.05, 3.63) is 89.4 Å². The van der Waals surface area contributed by atoms with E-state index in [4.69, 9.17) is 24.2 Å². The Balaban J connectivity index is 1.06. The summed E-state index contributed by atoms with van der Waals surface area (Å²) in [4.78, 5) is 24.7. The summed E-state index contributed by atoms with van der Waals surface area (Å²) in [6, 6.07) is 22.0. The van der Waals surface area contributed by atoms with Crippen molar-refractivity contribution in [2.24, 2.45) is 5.92 Å². The topological polar surface area (TPSA) is 78.7 Å². The summed E-state index contributed by atoms with van der Waals surface area (Å²) in [6.45, 7) is 4.86. The number of piperidine rings is 1. The molecule has 3 aliphatic rings. The summed E-state index contributed by atoms with van der Waals surface area (Å²) >= 11 is 0. The van der Waals surface area contributed by atoms with Crippen molar-refractivity contribution in [3.63, 3.8) is 0 Å². The third-order valence-electron chi connectivity index (χ3n) is 8.84. The number of imidazole rings is 1. The lowest BCUT2D eigenvalue weighted by molar-refractivity contribution is -0.0592. The Hall–Kier alpha value is -3.75. The van der Waals surface area contributed by atoms with Crippen molar-refractivity contribution in [2.75, 3.05) is 26.8 Å². The highest BCUT2D eigenvalue weighted by atomic mass is 16.5. The molecular formula is C32H34N4O4.